The van der Waals surface area contributed by atoms with Crippen molar-refractivity contribution in [1.29, 1.82) is 0 Å². The Hall–Kier alpha value is -2.66. The summed E-state index contributed by atoms with van der Waals surface area (Å²) >= 11 is 0. The molecular formula is C27H35N3O2. The molecule has 4 rings (SSSR count). The second-order valence-corrected chi connectivity index (χ2v) is 9.45. The number of nitrogens with zero attached hydrogens (tertiary/aromatic N) is 2. The van der Waals surface area contributed by atoms with Gasteiger partial charge >= 0.3 is 0 Å². The molecule has 2 aliphatic heterocycles. The lowest BCUT2D eigenvalue weighted by Gasteiger charge is -2.33. The lowest BCUT2D eigenvalue weighted by Crippen LogP contribution is -2.42. The number of hydrogen-bond acceptors (Lipinski definition) is 3. The van der Waals surface area contributed by atoms with Crippen molar-refractivity contribution in [3.8, 4) is 11.1 Å². The summed E-state index contributed by atoms with van der Waals surface area (Å²) in [6, 6.07) is 14.7. The van der Waals surface area contributed by atoms with Gasteiger partial charge in [0.15, 0.2) is 0 Å². The number of amides is 2. The maximum Gasteiger partial charge on any atom is 0.251 e. The Morgan fingerprint density at radius 2 is 1.78 bits per heavy atom. The van der Waals surface area contributed by atoms with Gasteiger partial charge in [-0.25, -0.2) is 0 Å². The first-order valence-corrected chi connectivity index (χ1v) is 12.0. The summed E-state index contributed by atoms with van der Waals surface area (Å²) in [6.45, 7) is 9.65. The summed E-state index contributed by atoms with van der Waals surface area (Å²) in [5.74, 6) is 0.169. The fourth-order valence-corrected chi connectivity index (χ4v) is 4.84. The van der Waals surface area contributed by atoms with Crippen LogP contribution in [-0.2, 0) is 11.2 Å². The van der Waals surface area contributed by atoms with E-state index in [9.17, 15) is 9.59 Å². The van der Waals surface area contributed by atoms with E-state index in [-0.39, 0.29) is 17.7 Å². The summed E-state index contributed by atoms with van der Waals surface area (Å²) in [7, 11) is 0. The maximum absolute atomic E-state index is 12.6. The second kappa shape index (κ2) is 9.86. The minimum Gasteiger partial charge on any atom is -0.351 e. The summed E-state index contributed by atoms with van der Waals surface area (Å²) in [6.07, 6.45) is 4.71. The maximum atomic E-state index is 12.6. The van der Waals surface area contributed by atoms with Crippen LogP contribution in [0.5, 0.6) is 0 Å². The monoisotopic (exact) mass is 433 g/mol. The molecule has 0 bridgehead atoms. The Bertz CT molecular complexity index is 967. The molecule has 5 nitrogen and oxygen atoms in total. The smallest absolute Gasteiger partial charge is 0.251 e. The fraction of sp³-hybridized carbons (Fsp3) is 0.481. The number of benzene rings is 2. The highest BCUT2D eigenvalue weighted by molar-refractivity contribution is 5.97. The van der Waals surface area contributed by atoms with Crippen LogP contribution in [0.2, 0.25) is 0 Å². The number of hydrogen-bond donors (Lipinski definition) is 1. The number of fused-ring (bicyclic) bond motifs is 1. The van der Waals surface area contributed by atoms with Gasteiger partial charge in [-0.3, -0.25) is 14.5 Å². The van der Waals surface area contributed by atoms with E-state index in [0.717, 1.165) is 42.9 Å². The van der Waals surface area contributed by atoms with Crippen molar-refractivity contribution in [3.63, 3.8) is 0 Å². The number of piperidine rings is 1. The van der Waals surface area contributed by atoms with Crippen LogP contribution in [0.3, 0.4) is 0 Å². The van der Waals surface area contributed by atoms with Gasteiger partial charge in [0.2, 0.25) is 5.91 Å². The first-order valence-electron chi connectivity index (χ1n) is 12.0. The molecule has 0 aliphatic carbocycles. The molecule has 0 radical (unpaired) electrons. The quantitative estimate of drug-likeness (QED) is 0.730. The lowest BCUT2D eigenvalue weighted by atomic mass is 10.0. The van der Waals surface area contributed by atoms with Crippen LogP contribution in [-0.4, -0.2) is 48.9 Å². The van der Waals surface area contributed by atoms with E-state index >= 15 is 0 Å². The van der Waals surface area contributed by atoms with E-state index in [1.807, 2.05) is 43.0 Å². The molecule has 0 unspecified atom stereocenters. The molecule has 1 atom stereocenters. The van der Waals surface area contributed by atoms with E-state index in [4.69, 9.17) is 0 Å². The third-order valence-corrected chi connectivity index (χ3v) is 6.84. The zero-order valence-corrected chi connectivity index (χ0v) is 19.6. The van der Waals surface area contributed by atoms with Gasteiger partial charge in [0.25, 0.3) is 5.91 Å². The molecule has 1 saturated heterocycles. The summed E-state index contributed by atoms with van der Waals surface area (Å²) < 4.78 is 0. The third kappa shape index (κ3) is 4.88. The topological polar surface area (TPSA) is 52.7 Å². The third-order valence-electron chi connectivity index (χ3n) is 6.84. The highest BCUT2D eigenvalue weighted by atomic mass is 16.2. The summed E-state index contributed by atoms with van der Waals surface area (Å²) in [4.78, 5) is 29.4. The van der Waals surface area contributed by atoms with Gasteiger partial charge in [0.1, 0.15) is 0 Å². The fourth-order valence-electron chi connectivity index (χ4n) is 4.84. The number of rotatable bonds is 6. The average molecular weight is 434 g/mol. The molecule has 1 N–H and O–H groups in total. The SMILES string of the molecule is CC(C)C(=O)N1CCc2cc(-c3ccc(C(=O)NCCN4CCCC[C@@H]4C)cc3)ccc21. The standard InChI is InChI=1S/C27H35N3O2/c1-19(2)27(32)30-16-13-24-18-23(11-12-25(24)30)21-7-9-22(10-8-21)26(31)28-14-17-29-15-5-4-6-20(29)3/h7-12,18-20H,4-6,13-17H2,1-3H3,(H,28,31)/t20-/m0/s1. The molecule has 0 aromatic heterocycles. The average Bonchev–Trinajstić information content (AvgIpc) is 3.23. The second-order valence-electron chi connectivity index (χ2n) is 9.45. The van der Waals surface area contributed by atoms with Crippen molar-refractivity contribution < 1.29 is 9.59 Å². The van der Waals surface area contributed by atoms with Crippen LogP contribution in [0.25, 0.3) is 11.1 Å². The predicted octanol–water partition coefficient (Wildman–Crippen LogP) is 4.50. The number of anilines is 1. The molecule has 0 spiro atoms. The Kier molecular flexibility index (Phi) is 6.95. The van der Waals surface area contributed by atoms with E-state index in [1.165, 1.54) is 24.8 Å². The van der Waals surface area contributed by atoms with Gasteiger partial charge in [-0.15, -0.1) is 0 Å². The normalized spacial score (nSPS) is 18.6. The zero-order valence-electron chi connectivity index (χ0n) is 19.6. The van der Waals surface area contributed by atoms with Crippen LogP contribution in [0.15, 0.2) is 42.5 Å². The predicted molar refractivity (Wildman–Crippen MR) is 130 cm³/mol. The molecule has 2 aromatic carbocycles. The number of carbonyl (C=O) groups excluding carboxylic acids is 2. The van der Waals surface area contributed by atoms with Crippen molar-refractivity contribution in [1.82, 2.24) is 10.2 Å². The molecule has 5 heteroatoms. The summed E-state index contributed by atoms with van der Waals surface area (Å²) in [5.41, 5.74) is 5.14. The van der Waals surface area contributed by atoms with Gasteiger partial charge < -0.3 is 10.2 Å². The first-order chi connectivity index (χ1) is 15.4. The Morgan fingerprint density at radius 3 is 2.50 bits per heavy atom. The van der Waals surface area contributed by atoms with Crippen LogP contribution < -0.4 is 10.2 Å². The largest absolute Gasteiger partial charge is 0.351 e. The zero-order chi connectivity index (χ0) is 22.7. The Labute approximate surface area is 191 Å². The number of likely N-dealkylation sites (tertiary alicyclic amines) is 1. The molecule has 170 valence electrons. The van der Waals surface area contributed by atoms with Crippen LogP contribution in [0.4, 0.5) is 5.69 Å². The van der Waals surface area contributed by atoms with Gasteiger partial charge in [0, 0.05) is 42.8 Å². The molecule has 1 fully saturated rings. The van der Waals surface area contributed by atoms with Gasteiger partial charge in [-0.05, 0) is 73.7 Å². The van der Waals surface area contributed by atoms with Gasteiger partial charge in [0.05, 0.1) is 0 Å². The Balaban J connectivity index is 1.36. The molecule has 2 heterocycles. The van der Waals surface area contributed by atoms with Gasteiger partial charge in [-0.1, -0.05) is 38.5 Å². The van der Waals surface area contributed by atoms with E-state index < -0.39 is 0 Å². The van der Waals surface area contributed by atoms with Crippen LogP contribution >= 0.6 is 0 Å². The van der Waals surface area contributed by atoms with Crippen molar-refractivity contribution in [3.05, 3.63) is 53.6 Å². The number of nitrogens with one attached hydrogen (secondary N) is 1. The van der Waals surface area contributed by atoms with Crippen LogP contribution in [0, 0.1) is 5.92 Å². The van der Waals surface area contributed by atoms with Crippen molar-refractivity contribution in [2.75, 3.05) is 31.1 Å². The van der Waals surface area contributed by atoms with Crippen molar-refractivity contribution in [2.24, 2.45) is 5.92 Å². The summed E-state index contributed by atoms with van der Waals surface area (Å²) in [5, 5.41) is 3.07. The Morgan fingerprint density at radius 1 is 1.03 bits per heavy atom. The van der Waals surface area contributed by atoms with E-state index in [1.54, 1.807) is 0 Å². The highest BCUT2D eigenvalue weighted by Crippen LogP contribution is 2.33. The minimum atomic E-state index is -0.0157. The molecule has 2 aliphatic rings. The first kappa shape index (κ1) is 22.5. The molecular weight excluding hydrogens is 398 g/mol. The van der Waals surface area contributed by atoms with E-state index in [2.05, 4.69) is 35.3 Å². The van der Waals surface area contributed by atoms with Crippen molar-refractivity contribution >= 4 is 17.5 Å². The minimum absolute atomic E-state index is 0.00238. The molecule has 0 saturated carbocycles. The molecule has 32 heavy (non-hydrogen) atoms. The number of carbonyl (C=O) groups is 2. The molecule has 2 amide bonds. The lowest BCUT2D eigenvalue weighted by molar-refractivity contribution is -0.121. The van der Waals surface area contributed by atoms with Gasteiger partial charge in [-0.2, -0.15) is 0 Å². The van der Waals surface area contributed by atoms with Crippen LogP contribution in [0.1, 0.15) is 56.0 Å². The highest BCUT2D eigenvalue weighted by Gasteiger charge is 2.26. The molecule has 2 aromatic rings. The van der Waals surface area contributed by atoms with Crippen molar-refractivity contribution in [2.45, 2.75) is 52.5 Å². The van der Waals surface area contributed by atoms with E-state index in [0.29, 0.717) is 18.2 Å².